The van der Waals surface area contributed by atoms with E-state index < -0.39 is 54.0 Å². The highest BCUT2D eigenvalue weighted by molar-refractivity contribution is 7.93. The first-order chi connectivity index (χ1) is 16.0. The Labute approximate surface area is 194 Å². The molecule has 34 heavy (non-hydrogen) atoms. The highest BCUT2D eigenvalue weighted by Crippen LogP contribution is 2.39. The Morgan fingerprint density at radius 3 is 2.50 bits per heavy atom. The molecule has 3 aromatic rings. The number of aromatic amines is 1. The molecular formula is C18H22N8O6S2. The largest absolute Gasteiger partial charge is 0.394 e. The maximum Gasteiger partial charge on any atom is 0.243 e. The van der Waals surface area contributed by atoms with Crippen molar-refractivity contribution >= 4 is 31.5 Å². The zero-order valence-corrected chi connectivity index (χ0v) is 19.2. The number of sulfone groups is 1. The predicted molar refractivity (Wildman–Crippen MR) is 121 cm³/mol. The van der Waals surface area contributed by atoms with Crippen LogP contribution in [0.1, 0.15) is 0 Å². The lowest BCUT2D eigenvalue weighted by Crippen LogP contribution is -2.38. The molecule has 0 spiro atoms. The third-order valence-electron chi connectivity index (χ3n) is 4.67. The van der Waals surface area contributed by atoms with Crippen LogP contribution in [0, 0.1) is 0 Å². The van der Waals surface area contributed by atoms with Gasteiger partial charge in [0.05, 0.1) is 22.8 Å². The van der Waals surface area contributed by atoms with E-state index in [1.165, 1.54) is 12.1 Å². The van der Waals surface area contributed by atoms with Crippen molar-refractivity contribution in [2.45, 2.75) is 15.8 Å². The van der Waals surface area contributed by atoms with E-state index in [-0.39, 0.29) is 29.2 Å². The van der Waals surface area contributed by atoms with E-state index in [1.54, 1.807) is 18.2 Å². The van der Waals surface area contributed by atoms with Gasteiger partial charge in [-0.05, 0) is 34.5 Å². The summed E-state index contributed by atoms with van der Waals surface area (Å²) in [5.74, 6) is -1.39. The van der Waals surface area contributed by atoms with E-state index in [4.69, 9.17) is 21.7 Å². The number of amides is 1. The number of hydrogen-bond acceptors (Lipinski definition) is 11. The molecule has 0 saturated heterocycles. The molecule has 0 bridgehead atoms. The Morgan fingerprint density at radius 1 is 1.18 bits per heavy atom. The van der Waals surface area contributed by atoms with Crippen LogP contribution < -0.4 is 21.9 Å². The van der Waals surface area contributed by atoms with Crippen molar-refractivity contribution in [2.24, 2.45) is 16.6 Å². The summed E-state index contributed by atoms with van der Waals surface area (Å²) in [7, 11) is -8.76. The number of primary sulfonamides is 1. The number of rotatable bonds is 9. The number of nitrogens with one attached hydrogen (secondary N) is 2. The summed E-state index contributed by atoms with van der Waals surface area (Å²) in [6, 6.07) is 7.50. The number of H-pyrrole nitrogens is 1. The molecule has 9 N–H and O–H groups in total. The fraction of sp³-hybridized carbons (Fsp3) is 0.222. The fourth-order valence-corrected chi connectivity index (χ4v) is 5.92. The summed E-state index contributed by atoms with van der Waals surface area (Å²) in [4.78, 5) is 10.8. The molecule has 182 valence electrons. The second kappa shape index (κ2) is 9.92. The van der Waals surface area contributed by atoms with Gasteiger partial charge < -0.3 is 21.9 Å². The average Bonchev–Trinajstić information content (AvgIpc) is 3.31. The number of carbonyl (C=O) groups excluding carboxylic acids is 1. The first-order valence-corrected chi connectivity index (χ1v) is 12.8. The number of tetrazole rings is 1. The topological polar surface area (TPSA) is 250 Å². The van der Waals surface area contributed by atoms with Gasteiger partial charge in [-0.15, -0.1) is 10.2 Å². The zero-order chi connectivity index (χ0) is 25.1. The van der Waals surface area contributed by atoms with E-state index in [2.05, 4.69) is 25.9 Å². The number of aliphatic hydroxyl groups is 1. The number of carbonyl (C=O) groups is 1. The van der Waals surface area contributed by atoms with Crippen LogP contribution >= 0.6 is 0 Å². The van der Waals surface area contributed by atoms with Crippen LogP contribution in [0.4, 0.5) is 5.69 Å². The SMILES string of the molecule is NCCS(=O)(=O)c1ccc(-c2cccc(NC(=O)[C@H](N)CO)c2)c(-c2nn[nH]n2)c1S(N)(=O)=O. The number of nitrogens with zero attached hydrogens (tertiary/aromatic N) is 3. The Morgan fingerprint density at radius 2 is 1.91 bits per heavy atom. The number of hydrogen-bond donors (Lipinski definition) is 6. The molecule has 0 aliphatic heterocycles. The second-order valence-corrected chi connectivity index (χ2v) is 10.6. The van der Waals surface area contributed by atoms with Gasteiger partial charge in [0.2, 0.25) is 21.8 Å². The fourth-order valence-electron chi connectivity index (χ4n) is 3.17. The maximum absolute atomic E-state index is 12.8. The van der Waals surface area contributed by atoms with Crippen molar-refractivity contribution in [1.29, 1.82) is 0 Å². The maximum atomic E-state index is 12.8. The van der Waals surface area contributed by atoms with Crippen LogP contribution in [0.25, 0.3) is 22.5 Å². The van der Waals surface area contributed by atoms with Gasteiger partial charge in [-0.1, -0.05) is 18.2 Å². The molecule has 14 nitrogen and oxygen atoms in total. The molecule has 0 aliphatic carbocycles. The van der Waals surface area contributed by atoms with Crippen LogP contribution in [-0.2, 0) is 24.7 Å². The molecule has 0 aliphatic rings. The Kier molecular flexibility index (Phi) is 7.39. The number of anilines is 1. The van der Waals surface area contributed by atoms with E-state index >= 15 is 0 Å². The Hall–Kier alpha value is -3.28. The minimum absolute atomic E-state index is 0.194. The molecule has 0 unspecified atom stereocenters. The minimum Gasteiger partial charge on any atom is -0.394 e. The monoisotopic (exact) mass is 510 g/mol. The van der Waals surface area contributed by atoms with Crippen molar-refractivity contribution in [1.82, 2.24) is 20.6 Å². The summed E-state index contributed by atoms with van der Waals surface area (Å²) < 4.78 is 50.8. The molecule has 3 rings (SSSR count). The van der Waals surface area contributed by atoms with E-state index in [0.29, 0.717) is 5.56 Å². The summed E-state index contributed by atoms with van der Waals surface area (Å²) in [5.41, 5.74) is 11.5. The lowest BCUT2D eigenvalue weighted by molar-refractivity contribution is -0.118. The van der Waals surface area contributed by atoms with Crippen LogP contribution in [0.2, 0.25) is 0 Å². The van der Waals surface area contributed by atoms with Crippen LogP contribution in [0.3, 0.4) is 0 Å². The molecule has 1 heterocycles. The highest BCUT2D eigenvalue weighted by Gasteiger charge is 2.31. The second-order valence-electron chi connectivity index (χ2n) is 7.06. The summed E-state index contributed by atoms with van der Waals surface area (Å²) in [6.45, 7) is -0.812. The summed E-state index contributed by atoms with van der Waals surface area (Å²) in [5, 5.41) is 30.3. The van der Waals surface area contributed by atoms with E-state index in [1.807, 2.05) is 0 Å². The van der Waals surface area contributed by atoms with Crippen LogP contribution in [0.15, 0.2) is 46.2 Å². The Bertz CT molecular complexity index is 1410. The van der Waals surface area contributed by atoms with Gasteiger partial charge in [0.1, 0.15) is 10.9 Å². The first-order valence-electron chi connectivity index (χ1n) is 9.63. The molecule has 1 atom stereocenters. The van der Waals surface area contributed by atoms with Gasteiger partial charge in [-0.2, -0.15) is 5.21 Å². The molecular weight excluding hydrogens is 488 g/mol. The highest BCUT2D eigenvalue weighted by atomic mass is 32.2. The van der Waals surface area contributed by atoms with Crippen molar-refractivity contribution in [3.05, 3.63) is 36.4 Å². The number of benzene rings is 2. The number of nitrogens with two attached hydrogens (primary N) is 3. The zero-order valence-electron chi connectivity index (χ0n) is 17.5. The first kappa shape index (κ1) is 25.3. The van der Waals surface area contributed by atoms with Crippen molar-refractivity contribution < 1.29 is 26.7 Å². The molecule has 0 radical (unpaired) electrons. The van der Waals surface area contributed by atoms with Gasteiger partial charge >= 0.3 is 0 Å². The normalized spacial score (nSPS) is 12.9. The minimum atomic E-state index is -4.62. The third-order valence-corrected chi connectivity index (χ3v) is 7.58. The van der Waals surface area contributed by atoms with Crippen molar-refractivity contribution in [3.63, 3.8) is 0 Å². The van der Waals surface area contributed by atoms with Crippen molar-refractivity contribution in [2.75, 3.05) is 24.2 Å². The molecule has 1 aromatic heterocycles. The number of aliphatic hydroxyl groups excluding tert-OH is 1. The van der Waals surface area contributed by atoms with E-state index in [9.17, 15) is 21.6 Å². The predicted octanol–water partition coefficient (Wildman–Crippen LogP) is -1.83. The molecule has 1 amide bonds. The standard InChI is InChI=1S/C18H22N8O6S2/c19-6-7-33(29,30)14-5-4-12(15(16(14)34(21,31)32)17-23-25-26-24-17)10-2-1-3-11(8-10)22-18(28)13(20)9-27/h1-5,8,13,27H,6-7,9,19-20H2,(H,22,28)(H2,21,31,32)(H,23,24,25,26)/t13-/m1/s1. The lowest BCUT2D eigenvalue weighted by Gasteiger charge is -2.17. The van der Waals surface area contributed by atoms with Gasteiger partial charge in [-0.25, -0.2) is 22.0 Å². The molecule has 0 saturated carbocycles. The number of sulfonamides is 1. The van der Waals surface area contributed by atoms with Gasteiger partial charge in [0.15, 0.2) is 9.84 Å². The molecule has 2 aromatic carbocycles. The summed E-state index contributed by atoms with van der Waals surface area (Å²) in [6.07, 6.45) is 0. The van der Waals surface area contributed by atoms with Gasteiger partial charge in [0, 0.05) is 12.2 Å². The van der Waals surface area contributed by atoms with Gasteiger partial charge in [-0.3, -0.25) is 4.79 Å². The third kappa shape index (κ3) is 5.27. The van der Waals surface area contributed by atoms with Crippen LogP contribution in [0.5, 0.6) is 0 Å². The van der Waals surface area contributed by atoms with Crippen LogP contribution in [-0.4, -0.2) is 73.4 Å². The molecule has 16 heteroatoms. The van der Waals surface area contributed by atoms with Gasteiger partial charge in [0.25, 0.3) is 0 Å². The summed E-state index contributed by atoms with van der Waals surface area (Å²) >= 11 is 0. The number of aromatic nitrogens is 4. The van der Waals surface area contributed by atoms with Crippen molar-refractivity contribution in [3.8, 4) is 22.5 Å². The lowest BCUT2D eigenvalue weighted by atomic mass is 9.98. The quantitative estimate of drug-likeness (QED) is 0.187. The average molecular weight is 511 g/mol. The van der Waals surface area contributed by atoms with E-state index in [0.717, 1.165) is 6.07 Å². The molecule has 0 fully saturated rings. The Balaban J connectivity index is 2.30. The smallest absolute Gasteiger partial charge is 0.243 e.